The minimum atomic E-state index is -4.35. The smallest absolute Gasteiger partial charge is 0.416 e. The third kappa shape index (κ3) is 3.71. The molecule has 0 aliphatic carbocycles. The van der Waals surface area contributed by atoms with Gasteiger partial charge in [0, 0.05) is 6.54 Å². The molecule has 1 rings (SSSR count). The van der Waals surface area contributed by atoms with Crippen LogP contribution in [0, 0.1) is 0 Å². The van der Waals surface area contributed by atoms with E-state index in [2.05, 4.69) is 0 Å². The van der Waals surface area contributed by atoms with Crippen LogP contribution in [-0.2, 0) is 6.18 Å². The van der Waals surface area contributed by atoms with Gasteiger partial charge in [-0.25, -0.2) is 0 Å². The maximum atomic E-state index is 12.2. The summed E-state index contributed by atoms with van der Waals surface area (Å²) in [4.78, 5) is 0. The fraction of sp³-hybridized carbons (Fsp3) is 0.400. The SMILES string of the molecule is NCC(O)COc1ccc(C(F)(F)F)cc1. The van der Waals surface area contributed by atoms with Crippen molar-refractivity contribution in [1.29, 1.82) is 0 Å². The van der Waals surface area contributed by atoms with Gasteiger partial charge in [0.2, 0.25) is 0 Å². The molecule has 0 amide bonds. The lowest BCUT2D eigenvalue weighted by Crippen LogP contribution is -2.26. The van der Waals surface area contributed by atoms with Crippen molar-refractivity contribution in [2.45, 2.75) is 12.3 Å². The Hall–Kier alpha value is -1.27. The van der Waals surface area contributed by atoms with Crippen molar-refractivity contribution in [3.05, 3.63) is 29.8 Å². The largest absolute Gasteiger partial charge is 0.491 e. The van der Waals surface area contributed by atoms with Crippen LogP contribution in [0.25, 0.3) is 0 Å². The fourth-order valence-corrected chi connectivity index (χ4v) is 1.00. The second kappa shape index (κ2) is 5.18. The maximum absolute atomic E-state index is 12.2. The molecule has 0 saturated carbocycles. The summed E-state index contributed by atoms with van der Waals surface area (Å²) >= 11 is 0. The molecular weight excluding hydrogens is 223 g/mol. The number of alkyl halides is 3. The van der Waals surface area contributed by atoms with E-state index in [9.17, 15) is 13.2 Å². The molecule has 90 valence electrons. The summed E-state index contributed by atoms with van der Waals surface area (Å²) in [5.41, 5.74) is 4.40. The first-order valence-electron chi connectivity index (χ1n) is 4.61. The maximum Gasteiger partial charge on any atom is 0.416 e. The molecule has 3 N–H and O–H groups in total. The number of halogens is 3. The molecule has 0 heterocycles. The van der Waals surface area contributed by atoms with Crippen molar-refractivity contribution in [3.63, 3.8) is 0 Å². The number of hydrogen-bond acceptors (Lipinski definition) is 3. The second-order valence-electron chi connectivity index (χ2n) is 3.22. The van der Waals surface area contributed by atoms with E-state index >= 15 is 0 Å². The van der Waals surface area contributed by atoms with Crippen LogP contribution >= 0.6 is 0 Å². The third-order valence-electron chi connectivity index (χ3n) is 1.90. The van der Waals surface area contributed by atoms with Crippen molar-refractivity contribution in [1.82, 2.24) is 0 Å². The van der Waals surface area contributed by atoms with Crippen molar-refractivity contribution in [2.75, 3.05) is 13.2 Å². The molecule has 1 unspecified atom stereocenters. The van der Waals surface area contributed by atoms with Crippen molar-refractivity contribution in [2.24, 2.45) is 5.73 Å². The van der Waals surface area contributed by atoms with Crippen molar-refractivity contribution in [3.8, 4) is 5.75 Å². The minimum absolute atomic E-state index is 0.0398. The molecule has 1 aromatic carbocycles. The molecule has 0 radical (unpaired) electrons. The first-order chi connectivity index (χ1) is 7.43. The topological polar surface area (TPSA) is 55.5 Å². The van der Waals surface area contributed by atoms with Crippen LogP contribution < -0.4 is 10.5 Å². The molecule has 1 aromatic rings. The molecule has 16 heavy (non-hydrogen) atoms. The molecular formula is C10H12F3NO2. The van der Waals surface area contributed by atoms with Gasteiger partial charge in [-0.05, 0) is 24.3 Å². The Bertz CT molecular complexity index is 324. The van der Waals surface area contributed by atoms with E-state index in [-0.39, 0.29) is 18.9 Å². The molecule has 0 aromatic heterocycles. The molecule has 3 nitrogen and oxygen atoms in total. The van der Waals surface area contributed by atoms with E-state index in [1.807, 2.05) is 0 Å². The lowest BCUT2D eigenvalue weighted by atomic mass is 10.2. The summed E-state index contributed by atoms with van der Waals surface area (Å²) in [6, 6.07) is 4.24. The summed E-state index contributed by atoms with van der Waals surface area (Å²) in [6.07, 6.45) is -5.17. The predicted octanol–water partition coefficient (Wildman–Crippen LogP) is 1.40. The number of aliphatic hydroxyl groups excluding tert-OH is 1. The number of benzene rings is 1. The number of hydrogen-bond donors (Lipinski definition) is 2. The second-order valence-corrected chi connectivity index (χ2v) is 3.22. The Labute approximate surface area is 90.6 Å². The van der Waals surface area contributed by atoms with Gasteiger partial charge in [0.1, 0.15) is 18.5 Å². The van der Waals surface area contributed by atoms with Crippen LogP contribution in [0.3, 0.4) is 0 Å². The number of rotatable bonds is 4. The quantitative estimate of drug-likeness (QED) is 0.829. The highest BCUT2D eigenvalue weighted by molar-refractivity contribution is 5.28. The van der Waals surface area contributed by atoms with Crippen LogP contribution in [0.1, 0.15) is 5.56 Å². The van der Waals surface area contributed by atoms with E-state index in [0.29, 0.717) is 0 Å². The van der Waals surface area contributed by atoms with Gasteiger partial charge in [-0.1, -0.05) is 0 Å². The first-order valence-corrected chi connectivity index (χ1v) is 4.61. The van der Waals surface area contributed by atoms with Crippen molar-refractivity contribution >= 4 is 0 Å². The first kappa shape index (κ1) is 12.8. The standard InChI is InChI=1S/C10H12F3NO2/c11-10(12,13)7-1-3-9(4-2-7)16-6-8(15)5-14/h1-4,8,15H,5-6,14H2. The monoisotopic (exact) mass is 235 g/mol. The Morgan fingerprint density at radius 2 is 1.81 bits per heavy atom. The minimum Gasteiger partial charge on any atom is -0.491 e. The van der Waals surface area contributed by atoms with Gasteiger partial charge >= 0.3 is 6.18 Å². The Kier molecular flexibility index (Phi) is 4.14. The fourth-order valence-electron chi connectivity index (χ4n) is 1.00. The molecule has 0 spiro atoms. The van der Waals surface area contributed by atoms with Crippen LogP contribution in [-0.4, -0.2) is 24.4 Å². The molecule has 0 aliphatic heterocycles. The van der Waals surface area contributed by atoms with Crippen molar-refractivity contribution < 1.29 is 23.0 Å². The normalized spacial score (nSPS) is 13.6. The van der Waals surface area contributed by atoms with Gasteiger partial charge in [0.05, 0.1) is 5.56 Å². The molecule has 6 heteroatoms. The van der Waals surface area contributed by atoms with Gasteiger partial charge in [-0.15, -0.1) is 0 Å². The van der Waals surface area contributed by atoms with Gasteiger partial charge in [-0.3, -0.25) is 0 Å². The Morgan fingerprint density at radius 1 is 1.25 bits per heavy atom. The van der Waals surface area contributed by atoms with E-state index < -0.39 is 17.8 Å². The lowest BCUT2D eigenvalue weighted by Gasteiger charge is -2.11. The zero-order chi connectivity index (χ0) is 12.2. The molecule has 1 atom stereocenters. The average molecular weight is 235 g/mol. The highest BCUT2D eigenvalue weighted by Crippen LogP contribution is 2.30. The highest BCUT2D eigenvalue weighted by atomic mass is 19.4. The van der Waals surface area contributed by atoms with Crippen LogP contribution in [0.15, 0.2) is 24.3 Å². The number of ether oxygens (including phenoxy) is 1. The summed E-state index contributed by atoms with van der Waals surface area (Å²) in [6.45, 7) is 0.00248. The van der Waals surface area contributed by atoms with Gasteiger partial charge in [0.15, 0.2) is 0 Å². The van der Waals surface area contributed by atoms with Gasteiger partial charge in [-0.2, -0.15) is 13.2 Å². The molecule has 0 fully saturated rings. The predicted molar refractivity (Wildman–Crippen MR) is 52.0 cm³/mol. The van der Waals surface area contributed by atoms with Crippen LogP contribution in [0.5, 0.6) is 5.75 Å². The Morgan fingerprint density at radius 3 is 2.25 bits per heavy atom. The number of nitrogens with two attached hydrogens (primary N) is 1. The zero-order valence-corrected chi connectivity index (χ0v) is 8.37. The van der Waals surface area contributed by atoms with E-state index in [0.717, 1.165) is 12.1 Å². The van der Waals surface area contributed by atoms with E-state index in [4.69, 9.17) is 15.6 Å². The zero-order valence-electron chi connectivity index (χ0n) is 8.37. The molecule has 0 saturated heterocycles. The van der Waals surface area contributed by atoms with E-state index in [1.54, 1.807) is 0 Å². The summed E-state index contributed by atoms with van der Waals surface area (Å²) in [5.74, 6) is 0.264. The average Bonchev–Trinajstić information content (AvgIpc) is 2.25. The third-order valence-corrected chi connectivity index (χ3v) is 1.90. The summed E-state index contributed by atoms with van der Waals surface area (Å²) in [7, 11) is 0. The van der Waals surface area contributed by atoms with Gasteiger partial charge < -0.3 is 15.6 Å². The highest BCUT2D eigenvalue weighted by Gasteiger charge is 2.29. The molecule has 0 aliphatic rings. The number of aliphatic hydroxyl groups is 1. The lowest BCUT2D eigenvalue weighted by molar-refractivity contribution is -0.137. The summed E-state index contributed by atoms with van der Waals surface area (Å²) < 4.78 is 41.6. The summed E-state index contributed by atoms with van der Waals surface area (Å²) in [5, 5.41) is 9.07. The van der Waals surface area contributed by atoms with Crippen LogP contribution in [0.4, 0.5) is 13.2 Å². The van der Waals surface area contributed by atoms with E-state index in [1.165, 1.54) is 12.1 Å². The van der Waals surface area contributed by atoms with Gasteiger partial charge in [0.25, 0.3) is 0 Å². The Balaban J connectivity index is 2.58. The van der Waals surface area contributed by atoms with Crippen LogP contribution in [0.2, 0.25) is 0 Å². The molecule has 0 bridgehead atoms.